The molecule has 0 saturated heterocycles. The third-order valence-electron chi connectivity index (χ3n) is 1.28. The van der Waals surface area contributed by atoms with Gasteiger partial charge in [0.1, 0.15) is 5.94 Å². The predicted octanol–water partition coefficient (Wildman–Crippen LogP) is 3.59. The van der Waals surface area contributed by atoms with Gasteiger partial charge in [-0.15, -0.1) is 0 Å². The molecule has 2 heteroatoms. The van der Waals surface area contributed by atoms with Gasteiger partial charge in [0.2, 0.25) is 0 Å². The molecule has 0 spiro atoms. The first kappa shape index (κ1) is 16.8. The number of nitriles is 1. The Hall–Kier alpha value is -2.62. The highest BCUT2D eigenvalue weighted by atomic mass is 16.1. The lowest BCUT2D eigenvalue weighted by molar-refractivity contribution is 0.570. The van der Waals surface area contributed by atoms with Crippen molar-refractivity contribution >= 4 is 12.0 Å². The minimum Gasteiger partial charge on any atom is -0.233 e. The molecular weight excluding hydrogens is 210 g/mol. The summed E-state index contributed by atoms with van der Waals surface area (Å²) >= 11 is 0. The molecule has 0 bridgehead atoms. The van der Waals surface area contributed by atoms with Crippen LogP contribution in [0.5, 0.6) is 0 Å². The largest absolute Gasteiger partial charge is 0.233 e. The van der Waals surface area contributed by atoms with Crippen molar-refractivity contribution in [2.75, 3.05) is 0 Å². The average molecular weight is 225 g/mol. The maximum absolute atomic E-state index is 9.79. The summed E-state index contributed by atoms with van der Waals surface area (Å²) in [4.78, 5) is 9.79. The van der Waals surface area contributed by atoms with Gasteiger partial charge in [-0.2, -0.15) is 5.26 Å². The molecule has 17 heavy (non-hydrogen) atoms. The van der Waals surface area contributed by atoms with Crippen molar-refractivity contribution in [1.29, 1.82) is 5.26 Å². The summed E-state index contributed by atoms with van der Waals surface area (Å²) in [5.41, 5.74) is 0.896. The summed E-state index contributed by atoms with van der Waals surface area (Å²) in [5, 5.41) is 7.51. The fraction of sp³-hybridized carbons (Fsp3) is 0. The molecule has 0 unspecified atom stereocenters. The van der Waals surface area contributed by atoms with E-state index in [0.29, 0.717) is 0 Å². The Labute approximate surface area is 103 Å². The molecule has 86 valence electrons. The van der Waals surface area contributed by atoms with Crippen molar-refractivity contribution < 1.29 is 4.79 Å². The molecular formula is C15H15NO. The maximum Gasteiger partial charge on any atom is 0.125 e. The van der Waals surface area contributed by atoms with E-state index in [1.807, 2.05) is 30.3 Å². The summed E-state index contributed by atoms with van der Waals surface area (Å²) < 4.78 is 0. The summed E-state index contributed by atoms with van der Waals surface area (Å²) in [5.74, 6) is 1.71. The van der Waals surface area contributed by atoms with E-state index >= 15 is 0 Å². The molecule has 0 heterocycles. The minimum absolute atomic E-state index is 0.896. The van der Waals surface area contributed by atoms with Crippen LogP contribution in [0.2, 0.25) is 0 Å². The maximum atomic E-state index is 9.79. The van der Waals surface area contributed by atoms with Crippen LogP contribution in [0.25, 0.3) is 6.08 Å². The molecule has 0 saturated carbocycles. The molecule has 1 aromatic rings. The zero-order valence-electron chi connectivity index (χ0n) is 9.67. The monoisotopic (exact) mass is 225 g/mol. The van der Waals surface area contributed by atoms with Crippen molar-refractivity contribution in [3.05, 3.63) is 73.9 Å². The van der Waals surface area contributed by atoms with Gasteiger partial charge < -0.3 is 0 Å². The van der Waals surface area contributed by atoms with Crippen molar-refractivity contribution in [1.82, 2.24) is 0 Å². The highest BCUT2D eigenvalue weighted by Crippen LogP contribution is 1.97. The van der Waals surface area contributed by atoms with Crippen LogP contribution in [-0.4, -0.2) is 5.94 Å². The number of hydrogen-bond acceptors (Lipinski definition) is 2. The van der Waals surface area contributed by atoms with Gasteiger partial charge in [0.25, 0.3) is 0 Å². The van der Waals surface area contributed by atoms with Crippen molar-refractivity contribution in [2.45, 2.75) is 0 Å². The van der Waals surface area contributed by atoms with Gasteiger partial charge in [-0.05, 0) is 5.56 Å². The Kier molecular flexibility index (Phi) is 15.6. The molecule has 0 atom stereocenters. The fourth-order valence-electron chi connectivity index (χ4n) is 0.617. The van der Waals surface area contributed by atoms with Crippen LogP contribution in [0.3, 0.4) is 0 Å². The number of hydrogen-bond donors (Lipinski definition) is 0. The first-order valence-corrected chi connectivity index (χ1v) is 4.76. The first-order valence-electron chi connectivity index (χ1n) is 4.76. The average Bonchev–Trinajstić information content (AvgIpc) is 2.41. The fourth-order valence-corrected chi connectivity index (χ4v) is 0.617. The Balaban J connectivity index is 0. The van der Waals surface area contributed by atoms with Crippen molar-refractivity contribution in [3.63, 3.8) is 0 Å². The van der Waals surface area contributed by atoms with Gasteiger partial charge in [0.05, 0.1) is 6.07 Å². The molecule has 2 nitrogen and oxygen atoms in total. The Bertz CT molecular complexity index is 400. The summed E-state index contributed by atoms with van der Waals surface area (Å²) in [7, 11) is 0. The van der Waals surface area contributed by atoms with E-state index in [-0.39, 0.29) is 0 Å². The van der Waals surface area contributed by atoms with Gasteiger partial charge in [0, 0.05) is 12.2 Å². The minimum atomic E-state index is 0.896. The van der Waals surface area contributed by atoms with E-state index in [0.717, 1.165) is 5.56 Å². The highest BCUT2D eigenvalue weighted by molar-refractivity contribution is 5.74. The second-order valence-corrected chi connectivity index (χ2v) is 2.48. The number of allylic oxidation sites excluding steroid dienone is 3. The third-order valence-corrected chi connectivity index (χ3v) is 1.28. The number of benzene rings is 1. The first-order chi connectivity index (χ1) is 8.26. The summed E-state index contributed by atoms with van der Waals surface area (Å²) in [6.07, 6.45) is 5.86. The Morgan fingerprint density at radius 3 is 1.82 bits per heavy atom. The van der Waals surface area contributed by atoms with Gasteiger partial charge in [-0.1, -0.05) is 62.2 Å². The van der Waals surface area contributed by atoms with Crippen molar-refractivity contribution in [2.24, 2.45) is 0 Å². The van der Waals surface area contributed by atoms with E-state index in [9.17, 15) is 4.79 Å². The van der Waals surface area contributed by atoms with Crippen LogP contribution in [0, 0.1) is 11.3 Å². The Morgan fingerprint density at radius 2 is 1.53 bits per heavy atom. The van der Waals surface area contributed by atoms with Gasteiger partial charge in [0.15, 0.2) is 0 Å². The predicted molar refractivity (Wildman–Crippen MR) is 72.8 cm³/mol. The smallest absolute Gasteiger partial charge is 0.125 e. The van der Waals surface area contributed by atoms with Gasteiger partial charge >= 0.3 is 0 Å². The lowest BCUT2D eigenvalue weighted by atomic mass is 10.2. The molecule has 0 amide bonds. The van der Waals surface area contributed by atoms with E-state index in [2.05, 4.69) is 19.7 Å². The van der Waals surface area contributed by atoms with Crippen LogP contribution in [0.4, 0.5) is 0 Å². The van der Waals surface area contributed by atoms with Gasteiger partial charge in [-0.25, -0.2) is 4.79 Å². The molecule has 1 rings (SSSR count). The summed E-state index contributed by atoms with van der Waals surface area (Å²) in [6, 6.07) is 11.1. The highest BCUT2D eigenvalue weighted by Gasteiger charge is 1.78. The third kappa shape index (κ3) is 16.1. The molecule has 0 radical (unpaired) electrons. The lowest BCUT2D eigenvalue weighted by Crippen LogP contribution is -1.66. The second-order valence-electron chi connectivity index (χ2n) is 2.48. The van der Waals surface area contributed by atoms with Crippen LogP contribution in [0.1, 0.15) is 5.56 Å². The zero-order valence-corrected chi connectivity index (χ0v) is 9.67. The van der Waals surface area contributed by atoms with Crippen LogP contribution < -0.4 is 0 Å². The molecule has 0 aliphatic rings. The van der Waals surface area contributed by atoms with E-state index < -0.39 is 0 Å². The lowest BCUT2D eigenvalue weighted by Gasteiger charge is -1.83. The quantitative estimate of drug-likeness (QED) is 0.438. The molecule has 0 aliphatic heterocycles. The van der Waals surface area contributed by atoms with E-state index in [4.69, 9.17) is 5.26 Å². The zero-order chi connectivity index (χ0) is 13.4. The molecule has 0 aliphatic carbocycles. The normalized spacial score (nSPS) is 6.29. The molecule has 0 N–H and O–H groups in total. The molecule has 1 aromatic carbocycles. The van der Waals surface area contributed by atoms with Crippen LogP contribution in [-0.2, 0) is 4.79 Å². The number of nitrogens with zero attached hydrogens (tertiary/aromatic N) is 1. The molecule has 0 fully saturated rings. The van der Waals surface area contributed by atoms with E-state index in [1.54, 1.807) is 24.2 Å². The number of rotatable bonds is 2. The second kappa shape index (κ2) is 15.8. The van der Waals surface area contributed by atoms with Gasteiger partial charge in [-0.3, -0.25) is 0 Å². The standard InChI is InChI=1S/C8H6O.C4H6.C3H3N/c9-7-6-8-4-2-1-3-5-8;1-3-4-2;1-2-3-4/h1-6H;3-4H,1-2H2;2H,1H2. The van der Waals surface area contributed by atoms with Crippen LogP contribution >= 0.6 is 0 Å². The van der Waals surface area contributed by atoms with Crippen molar-refractivity contribution in [3.8, 4) is 6.07 Å². The molecule has 0 aromatic heterocycles. The van der Waals surface area contributed by atoms with E-state index in [1.165, 1.54) is 12.2 Å². The van der Waals surface area contributed by atoms with Crippen LogP contribution in [0.15, 0.2) is 68.3 Å². The Morgan fingerprint density at radius 1 is 1.06 bits per heavy atom. The summed E-state index contributed by atoms with van der Waals surface area (Å²) in [6.45, 7) is 9.84. The SMILES string of the molecule is C=CC#N.C=CC=C.O=C=Cc1ccccc1. The topological polar surface area (TPSA) is 40.9 Å². The number of carbonyl (C=O) groups excluding carboxylic acids is 1.